The second-order valence-electron chi connectivity index (χ2n) is 4.80. The monoisotopic (exact) mass is 184 g/mol. The summed E-state index contributed by atoms with van der Waals surface area (Å²) < 4.78 is 0. The van der Waals surface area contributed by atoms with Gasteiger partial charge in [0.15, 0.2) is 0 Å². The Morgan fingerprint density at radius 1 is 1.46 bits per heavy atom. The molecule has 2 heteroatoms. The molecule has 0 aromatic heterocycles. The highest BCUT2D eigenvalue weighted by Gasteiger charge is 2.14. The zero-order chi connectivity index (χ0) is 9.68. The molecule has 1 fully saturated rings. The quantitative estimate of drug-likeness (QED) is 0.698. The molecule has 1 unspecified atom stereocenters. The molecule has 1 aliphatic heterocycles. The Morgan fingerprint density at radius 2 is 2.23 bits per heavy atom. The van der Waals surface area contributed by atoms with E-state index in [9.17, 15) is 0 Å². The van der Waals surface area contributed by atoms with Crippen molar-refractivity contribution in [3.8, 4) is 0 Å². The Morgan fingerprint density at radius 3 is 2.77 bits per heavy atom. The minimum absolute atomic E-state index is 0.798. The fourth-order valence-corrected chi connectivity index (χ4v) is 2.08. The Kier molecular flexibility index (Phi) is 4.74. The fourth-order valence-electron chi connectivity index (χ4n) is 2.08. The molecule has 0 aromatic rings. The van der Waals surface area contributed by atoms with Crippen LogP contribution < -0.4 is 5.32 Å². The summed E-state index contributed by atoms with van der Waals surface area (Å²) >= 11 is 0. The Hall–Kier alpha value is -0.0800. The predicted molar refractivity (Wildman–Crippen MR) is 57.9 cm³/mol. The molecule has 0 radical (unpaired) electrons. The zero-order valence-corrected chi connectivity index (χ0v) is 9.34. The predicted octanol–water partition coefficient (Wildman–Crippen LogP) is 1.57. The lowest BCUT2D eigenvalue weighted by Gasteiger charge is -2.20. The van der Waals surface area contributed by atoms with Gasteiger partial charge in [-0.1, -0.05) is 13.8 Å². The number of hydrogen-bond donors (Lipinski definition) is 1. The summed E-state index contributed by atoms with van der Waals surface area (Å²) in [5.74, 6) is 1.74. The molecule has 2 nitrogen and oxygen atoms in total. The Labute approximate surface area is 82.7 Å². The van der Waals surface area contributed by atoms with Crippen molar-refractivity contribution in [1.29, 1.82) is 0 Å². The Bertz CT molecular complexity index is 128. The van der Waals surface area contributed by atoms with Gasteiger partial charge in [0.1, 0.15) is 0 Å². The smallest absolute Gasteiger partial charge is 0.000133 e. The topological polar surface area (TPSA) is 15.3 Å². The molecular formula is C11H24N2. The summed E-state index contributed by atoms with van der Waals surface area (Å²) in [6.07, 6.45) is 2.76. The van der Waals surface area contributed by atoms with E-state index in [4.69, 9.17) is 0 Å². The largest absolute Gasteiger partial charge is 0.316 e. The van der Waals surface area contributed by atoms with Crippen LogP contribution in [-0.4, -0.2) is 38.1 Å². The SMILES string of the molecule is CC(C)CN(C)CCC1CCNC1. The summed E-state index contributed by atoms with van der Waals surface area (Å²) in [7, 11) is 2.24. The molecule has 1 saturated heterocycles. The molecule has 1 rings (SSSR count). The van der Waals surface area contributed by atoms with Crippen LogP contribution in [0.2, 0.25) is 0 Å². The van der Waals surface area contributed by atoms with Crippen LogP contribution in [0.15, 0.2) is 0 Å². The summed E-state index contributed by atoms with van der Waals surface area (Å²) in [5.41, 5.74) is 0. The summed E-state index contributed by atoms with van der Waals surface area (Å²) in [6, 6.07) is 0. The van der Waals surface area contributed by atoms with E-state index < -0.39 is 0 Å². The van der Waals surface area contributed by atoms with Gasteiger partial charge in [0.05, 0.1) is 0 Å². The summed E-state index contributed by atoms with van der Waals surface area (Å²) in [6.45, 7) is 9.56. The first-order valence-corrected chi connectivity index (χ1v) is 5.57. The van der Waals surface area contributed by atoms with Gasteiger partial charge in [0.2, 0.25) is 0 Å². The molecule has 1 aliphatic rings. The van der Waals surface area contributed by atoms with E-state index in [1.807, 2.05) is 0 Å². The standard InChI is InChI=1S/C11H24N2/c1-10(2)9-13(3)7-5-11-4-6-12-8-11/h10-12H,4-9H2,1-3H3. The molecule has 78 valence electrons. The van der Waals surface area contributed by atoms with Gasteiger partial charge >= 0.3 is 0 Å². The maximum atomic E-state index is 3.42. The van der Waals surface area contributed by atoms with E-state index in [1.165, 1.54) is 39.0 Å². The lowest BCUT2D eigenvalue weighted by molar-refractivity contribution is 0.274. The van der Waals surface area contributed by atoms with Crippen LogP contribution in [0.5, 0.6) is 0 Å². The molecule has 1 atom stereocenters. The maximum Gasteiger partial charge on any atom is 0.000133 e. The van der Waals surface area contributed by atoms with Crippen molar-refractivity contribution in [2.45, 2.75) is 26.7 Å². The summed E-state index contributed by atoms with van der Waals surface area (Å²) in [5, 5.41) is 3.42. The van der Waals surface area contributed by atoms with Gasteiger partial charge in [0, 0.05) is 6.54 Å². The highest BCUT2D eigenvalue weighted by atomic mass is 15.1. The normalized spacial score (nSPS) is 23.3. The van der Waals surface area contributed by atoms with Gasteiger partial charge in [-0.25, -0.2) is 0 Å². The molecule has 13 heavy (non-hydrogen) atoms. The fraction of sp³-hybridized carbons (Fsp3) is 1.00. The molecule has 1 heterocycles. The second kappa shape index (κ2) is 5.61. The van der Waals surface area contributed by atoms with Crippen molar-refractivity contribution >= 4 is 0 Å². The molecule has 0 aromatic carbocycles. The minimum atomic E-state index is 0.798. The molecule has 0 aliphatic carbocycles. The molecular weight excluding hydrogens is 160 g/mol. The van der Waals surface area contributed by atoms with E-state index in [-0.39, 0.29) is 0 Å². The first-order chi connectivity index (χ1) is 6.18. The van der Waals surface area contributed by atoms with Gasteiger partial charge < -0.3 is 10.2 Å². The minimum Gasteiger partial charge on any atom is -0.316 e. The summed E-state index contributed by atoms with van der Waals surface area (Å²) in [4.78, 5) is 2.46. The van der Waals surface area contributed by atoms with Crippen molar-refractivity contribution in [3.05, 3.63) is 0 Å². The van der Waals surface area contributed by atoms with Crippen molar-refractivity contribution in [2.24, 2.45) is 11.8 Å². The van der Waals surface area contributed by atoms with E-state index in [0.717, 1.165) is 11.8 Å². The molecule has 0 saturated carbocycles. The average Bonchev–Trinajstić information content (AvgIpc) is 2.51. The highest BCUT2D eigenvalue weighted by molar-refractivity contribution is 4.72. The van der Waals surface area contributed by atoms with Crippen molar-refractivity contribution in [2.75, 3.05) is 33.2 Å². The van der Waals surface area contributed by atoms with Gasteiger partial charge in [-0.3, -0.25) is 0 Å². The third-order valence-corrected chi connectivity index (χ3v) is 2.76. The van der Waals surface area contributed by atoms with Crippen molar-refractivity contribution < 1.29 is 0 Å². The zero-order valence-electron chi connectivity index (χ0n) is 9.34. The van der Waals surface area contributed by atoms with Crippen LogP contribution in [0.25, 0.3) is 0 Å². The van der Waals surface area contributed by atoms with Crippen molar-refractivity contribution in [1.82, 2.24) is 10.2 Å². The van der Waals surface area contributed by atoms with Crippen LogP contribution in [-0.2, 0) is 0 Å². The first kappa shape index (κ1) is 11.0. The van der Waals surface area contributed by atoms with Crippen LogP contribution in [0.1, 0.15) is 26.7 Å². The lowest BCUT2D eigenvalue weighted by atomic mass is 10.0. The molecule has 1 N–H and O–H groups in total. The van der Waals surface area contributed by atoms with E-state index >= 15 is 0 Å². The molecule has 0 bridgehead atoms. The van der Waals surface area contributed by atoms with Crippen LogP contribution in [0.3, 0.4) is 0 Å². The average molecular weight is 184 g/mol. The number of rotatable bonds is 5. The molecule has 0 spiro atoms. The molecule has 0 amide bonds. The van der Waals surface area contributed by atoms with Crippen LogP contribution in [0.4, 0.5) is 0 Å². The van der Waals surface area contributed by atoms with E-state index in [2.05, 4.69) is 31.1 Å². The number of nitrogens with zero attached hydrogens (tertiary/aromatic N) is 1. The second-order valence-corrected chi connectivity index (χ2v) is 4.80. The van der Waals surface area contributed by atoms with Gasteiger partial charge in [-0.2, -0.15) is 0 Å². The highest BCUT2D eigenvalue weighted by Crippen LogP contribution is 2.12. The third kappa shape index (κ3) is 4.63. The number of nitrogens with one attached hydrogen (secondary N) is 1. The van der Waals surface area contributed by atoms with Gasteiger partial charge in [-0.15, -0.1) is 0 Å². The van der Waals surface area contributed by atoms with Gasteiger partial charge in [-0.05, 0) is 51.4 Å². The van der Waals surface area contributed by atoms with Crippen LogP contribution in [0, 0.1) is 11.8 Å². The first-order valence-electron chi connectivity index (χ1n) is 5.57. The van der Waals surface area contributed by atoms with Crippen molar-refractivity contribution in [3.63, 3.8) is 0 Å². The van der Waals surface area contributed by atoms with E-state index in [0.29, 0.717) is 0 Å². The van der Waals surface area contributed by atoms with E-state index in [1.54, 1.807) is 0 Å². The van der Waals surface area contributed by atoms with Crippen LogP contribution >= 0.6 is 0 Å². The third-order valence-electron chi connectivity index (χ3n) is 2.76. The maximum absolute atomic E-state index is 3.42. The number of hydrogen-bond acceptors (Lipinski definition) is 2. The Balaban J connectivity index is 2.03. The lowest BCUT2D eigenvalue weighted by Crippen LogP contribution is -2.26. The van der Waals surface area contributed by atoms with Gasteiger partial charge in [0.25, 0.3) is 0 Å².